The van der Waals surface area contributed by atoms with Gasteiger partial charge in [-0.2, -0.15) is 0 Å². The van der Waals surface area contributed by atoms with Crippen LogP contribution in [0.3, 0.4) is 0 Å². The largest absolute Gasteiger partial charge is 0.454 e. The maximum Gasteiger partial charge on any atom is 0.363 e. The van der Waals surface area contributed by atoms with Gasteiger partial charge in [-0.15, -0.1) is 0 Å². The highest BCUT2D eigenvalue weighted by Crippen LogP contribution is 2.33. The first-order chi connectivity index (χ1) is 11.6. The minimum atomic E-state index is -0.534. The fourth-order valence-electron chi connectivity index (χ4n) is 2.32. The summed E-state index contributed by atoms with van der Waals surface area (Å²) >= 11 is 11.9. The Labute approximate surface area is 147 Å². The summed E-state index contributed by atoms with van der Waals surface area (Å²) in [4.78, 5) is 16.3. The van der Waals surface area contributed by atoms with Gasteiger partial charge in [-0.1, -0.05) is 29.3 Å². The number of hydrogen-bond donors (Lipinski definition) is 0. The molecule has 0 aliphatic carbocycles. The number of cyclic esters (lactones) is 1. The van der Waals surface area contributed by atoms with Gasteiger partial charge in [0.15, 0.2) is 17.2 Å². The van der Waals surface area contributed by atoms with Crippen LogP contribution in [0.1, 0.15) is 11.1 Å². The van der Waals surface area contributed by atoms with Crippen molar-refractivity contribution in [2.75, 3.05) is 6.79 Å². The summed E-state index contributed by atoms with van der Waals surface area (Å²) in [6.07, 6.45) is 1.62. The highest BCUT2D eigenvalue weighted by Gasteiger charge is 2.25. The van der Waals surface area contributed by atoms with E-state index in [4.69, 9.17) is 37.4 Å². The Hall–Kier alpha value is -2.50. The highest BCUT2D eigenvalue weighted by molar-refractivity contribution is 6.42. The molecule has 0 bridgehead atoms. The van der Waals surface area contributed by atoms with Gasteiger partial charge < -0.3 is 14.2 Å². The lowest BCUT2D eigenvalue weighted by molar-refractivity contribution is -0.129. The fraction of sp³-hybridized carbons (Fsp3) is 0.0588. The van der Waals surface area contributed by atoms with Gasteiger partial charge in [0.2, 0.25) is 12.7 Å². The topological polar surface area (TPSA) is 57.1 Å². The van der Waals surface area contributed by atoms with E-state index in [2.05, 4.69) is 4.99 Å². The number of benzene rings is 2. The molecule has 2 heterocycles. The Morgan fingerprint density at radius 2 is 1.83 bits per heavy atom. The molecule has 0 N–H and O–H groups in total. The molecule has 0 radical (unpaired) electrons. The van der Waals surface area contributed by atoms with Crippen LogP contribution in [-0.4, -0.2) is 18.7 Å². The number of fused-ring (bicyclic) bond motifs is 1. The fourth-order valence-corrected chi connectivity index (χ4v) is 2.62. The number of esters is 1. The van der Waals surface area contributed by atoms with Crippen LogP contribution in [0.4, 0.5) is 0 Å². The Bertz CT molecular complexity index is 921. The Morgan fingerprint density at radius 3 is 2.67 bits per heavy atom. The van der Waals surface area contributed by atoms with Crippen LogP contribution in [0.25, 0.3) is 6.08 Å². The molecule has 4 rings (SSSR count). The molecule has 2 aromatic rings. The summed E-state index contributed by atoms with van der Waals surface area (Å²) in [5, 5.41) is 0.780. The van der Waals surface area contributed by atoms with Crippen LogP contribution in [0.2, 0.25) is 10.0 Å². The van der Waals surface area contributed by atoms with Crippen molar-refractivity contribution < 1.29 is 19.0 Å². The SMILES string of the molecule is O=C1OC(c2ccc(Cl)c(Cl)c2)=N/C1=C\c1ccc2c(c1)OCO2. The summed E-state index contributed by atoms with van der Waals surface area (Å²) in [5.74, 6) is 0.954. The number of halogens is 2. The Kier molecular flexibility index (Phi) is 3.67. The van der Waals surface area contributed by atoms with E-state index >= 15 is 0 Å². The van der Waals surface area contributed by atoms with Crippen LogP contribution >= 0.6 is 23.2 Å². The third kappa shape index (κ3) is 2.72. The van der Waals surface area contributed by atoms with Gasteiger partial charge >= 0.3 is 5.97 Å². The second-order valence-electron chi connectivity index (χ2n) is 5.08. The lowest BCUT2D eigenvalue weighted by Crippen LogP contribution is -2.05. The van der Waals surface area contributed by atoms with Crippen molar-refractivity contribution >= 4 is 41.1 Å². The van der Waals surface area contributed by atoms with Crippen molar-refractivity contribution in [2.45, 2.75) is 0 Å². The number of carbonyl (C=O) groups excluding carboxylic acids is 1. The van der Waals surface area contributed by atoms with Gasteiger partial charge in [0.25, 0.3) is 0 Å². The van der Waals surface area contributed by atoms with E-state index in [0.29, 0.717) is 27.1 Å². The van der Waals surface area contributed by atoms with Crippen molar-refractivity contribution in [1.29, 1.82) is 0 Å². The molecule has 0 saturated heterocycles. The van der Waals surface area contributed by atoms with E-state index in [1.54, 1.807) is 42.5 Å². The average Bonchev–Trinajstić information content (AvgIpc) is 3.17. The predicted octanol–water partition coefficient (Wildman–Crippen LogP) is 4.07. The molecule has 2 aliphatic rings. The van der Waals surface area contributed by atoms with Gasteiger partial charge in [-0.3, -0.25) is 0 Å². The summed E-state index contributed by atoms with van der Waals surface area (Å²) in [5.41, 5.74) is 1.52. The first-order valence-electron chi connectivity index (χ1n) is 6.98. The number of ether oxygens (including phenoxy) is 3. The molecule has 120 valence electrons. The van der Waals surface area contributed by atoms with E-state index in [-0.39, 0.29) is 18.4 Å². The third-order valence-electron chi connectivity index (χ3n) is 3.49. The average molecular weight is 362 g/mol. The minimum absolute atomic E-state index is 0.186. The van der Waals surface area contributed by atoms with Crippen LogP contribution < -0.4 is 9.47 Å². The first-order valence-corrected chi connectivity index (χ1v) is 7.73. The van der Waals surface area contributed by atoms with Crippen molar-refractivity contribution in [2.24, 2.45) is 4.99 Å². The number of aliphatic imine (C=N–C) groups is 1. The molecule has 0 atom stereocenters. The van der Waals surface area contributed by atoms with E-state index < -0.39 is 5.97 Å². The molecule has 0 aromatic heterocycles. The zero-order valence-corrected chi connectivity index (χ0v) is 13.6. The molecule has 0 fully saturated rings. The first kappa shape index (κ1) is 15.1. The number of nitrogens with zero attached hydrogens (tertiary/aromatic N) is 1. The number of hydrogen-bond acceptors (Lipinski definition) is 5. The van der Waals surface area contributed by atoms with E-state index in [1.807, 2.05) is 0 Å². The third-order valence-corrected chi connectivity index (χ3v) is 4.23. The molecule has 0 amide bonds. The van der Waals surface area contributed by atoms with E-state index in [0.717, 1.165) is 5.56 Å². The molecule has 0 saturated carbocycles. The number of rotatable bonds is 2. The van der Waals surface area contributed by atoms with E-state index in [1.165, 1.54) is 0 Å². The Balaban J connectivity index is 1.67. The van der Waals surface area contributed by atoms with Crippen LogP contribution in [0.15, 0.2) is 47.1 Å². The molecular weight excluding hydrogens is 353 g/mol. The Morgan fingerprint density at radius 1 is 1.00 bits per heavy atom. The van der Waals surface area contributed by atoms with Crippen LogP contribution in [0.5, 0.6) is 11.5 Å². The molecule has 7 heteroatoms. The van der Waals surface area contributed by atoms with Gasteiger partial charge in [-0.25, -0.2) is 9.79 Å². The summed E-state index contributed by atoms with van der Waals surface area (Å²) < 4.78 is 15.8. The molecule has 5 nitrogen and oxygen atoms in total. The second kappa shape index (κ2) is 5.85. The molecule has 2 aromatic carbocycles. The van der Waals surface area contributed by atoms with Crippen LogP contribution in [0, 0.1) is 0 Å². The monoisotopic (exact) mass is 361 g/mol. The molecule has 0 spiro atoms. The van der Waals surface area contributed by atoms with Gasteiger partial charge in [0, 0.05) is 5.56 Å². The normalized spacial score (nSPS) is 17.2. The quantitative estimate of drug-likeness (QED) is 0.597. The van der Waals surface area contributed by atoms with Gasteiger partial charge in [0.1, 0.15) is 0 Å². The molecular formula is C17H9Cl2NO4. The maximum absolute atomic E-state index is 12.0. The number of carbonyl (C=O) groups is 1. The maximum atomic E-state index is 12.0. The lowest BCUT2D eigenvalue weighted by atomic mass is 10.1. The highest BCUT2D eigenvalue weighted by atomic mass is 35.5. The summed E-state index contributed by atoms with van der Waals surface area (Å²) in [7, 11) is 0. The summed E-state index contributed by atoms with van der Waals surface area (Å²) in [6.45, 7) is 0.191. The summed E-state index contributed by atoms with van der Waals surface area (Å²) in [6, 6.07) is 10.3. The van der Waals surface area contributed by atoms with Crippen molar-refractivity contribution in [1.82, 2.24) is 0 Å². The molecule has 24 heavy (non-hydrogen) atoms. The second-order valence-corrected chi connectivity index (χ2v) is 5.89. The van der Waals surface area contributed by atoms with Gasteiger partial charge in [-0.05, 0) is 42.0 Å². The van der Waals surface area contributed by atoms with Gasteiger partial charge in [0.05, 0.1) is 10.0 Å². The van der Waals surface area contributed by atoms with Crippen molar-refractivity contribution in [3.05, 3.63) is 63.3 Å². The van der Waals surface area contributed by atoms with Crippen LogP contribution in [-0.2, 0) is 9.53 Å². The molecule has 2 aliphatic heterocycles. The zero-order valence-electron chi connectivity index (χ0n) is 12.1. The van der Waals surface area contributed by atoms with E-state index in [9.17, 15) is 4.79 Å². The predicted molar refractivity (Wildman–Crippen MR) is 89.6 cm³/mol. The lowest BCUT2D eigenvalue weighted by Gasteiger charge is -2.01. The van der Waals surface area contributed by atoms with Crippen molar-refractivity contribution in [3.63, 3.8) is 0 Å². The van der Waals surface area contributed by atoms with Crippen molar-refractivity contribution in [3.8, 4) is 11.5 Å². The smallest absolute Gasteiger partial charge is 0.363 e. The standard InChI is InChI=1S/C17H9Cl2NO4/c18-11-3-2-10(7-12(11)19)16-20-13(17(21)24-16)5-9-1-4-14-15(6-9)23-8-22-14/h1-7H,8H2/b13-5-. The minimum Gasteiger partial charge on any atom is -0.454 e. The molecule has 0 unspecified atom stereocenters. The zero-order chi connectivity index (χ0) is 16.7.